The first-order valence-electron chi connectivity index (χ1n) is 4.74. The van der Waals surface area contributed by atoms with Gasteiger partial charge < -0.3 is 15.9 Å². The van der Waals surface area contributed by atoms with E-state index in [9.17, 15) is 10.2 Å². The van der Waals surface area contributed by atoms with Crippen LogP contribution in [0.3, 0.4) is 0 Å². The van der Waals surface area contributed by atoms with Crippen molar-refractivity contribution in [2.24, 2.45) is 11.1 Å². The van der Waals surface area contributed by atoms with Gasteiger partial charge in [-0.15, -0.1) is 12.4 Å². The van der Waals surface area contributed by atoms with Crippen molar-refractivity contribution < 1.29 is 10.2 Å². The lowest BCUT2D eigenvalue weighted by Crippen LogP contribution is -2.32. The standard InChI is InChI=1S/C11H16ClNO2.ClH/c1-11(2,6-14)10(13)7-4-3-5-8(12)9(7)15;/h3-5,10,14-15H,6,13H2,1-2H3;1H/t10-;/m0./s1. The Morgan fingerprint density at radius 3 is 2.50 bits per heavy atom. The Labute approximate surface area is 107 Å². The van der Waals surface area contributed by atoms with E-state index >= 15 is 0 Å². The van der Waals surface area contributed by atoms with Crippen molar-refractivity contribution in [3.63, 3.8) is 0 Å². The van der Waals surface area contributed by atoms with E-state index in [4.69, 9.17) is 17.3 Å². The highest BCUT2D eigenvalue weighted by atomic mass is 35.5. The van der Waals surface area contributed by atoms with E-state index < -0.39 is 11.5 Å². The molecule has 0 bridgehead atoms. The Morgan fingerprint density at radius 2 is 2.00 bits per heavy atom. The van der Waals surface area contributed by atoms with Crippen LogP contribution in [-0.2, 0) is 0 Å². The third-order valence-electron chi connectivity index (χ3n) is 2.60. The molecule has 0 aliphatic heterocycles. The van der Waals surface area contributed by atoms with E-state index in [1.165, 1.54) is 0 Å². The molecule has 3 nitrogen and oxygen atoms in total. The van der Waals surface area contributed by atoms with Crippen LogP contribution in [0.5, 0.6) is 5.75 Å². The number of aromatic hydroxyl groups is 1. The van der Waals surface area contributed by atoms with Crippen molar-refractivity contribution in [1.29, 1.82) is 0 Å². The van der Waals surface area contributed by atoms with E-state index in [1.807, 2.05) is 13.8 Å². The minimum Gasteiger partial charge on any atom is -0.506 e. The van der Waals surface area contributed by atoms with E-state index in [0.29, 0.717) is 5.56 Å². The maximum atomic E-state index is 9.73. The van der Waals surface area contributed by atoms with Gasteiger partial charge in [0.2, 0.25) is 0 Å². The summed E-state index contributed by atoms with van der Waals surface area (Å²) in [6, 6.07) is 4.58. The maximum absolute atomic E-state index is 9.73. The summed E-state index contributed by atoms with van der Waals surface area (Å²) in [4.78, 5) is 0. The molecule has 0 aromatic heterocycles. The van der Waals surface area contributed by atoms with Crippen LogP contribution in [0.25, 0.3) is 0 Å². The average molecular weight is 266 g/mol. The Bertz CT molecular complexity index is 356. The quantitative estimate of drug-likeness (QED) is 0.787. The minimum absolute atomic E-state index is 0. The molecule has 1 aromatic rings. The van der Waals surface area contributed by atoms with Crippen LogP contribution >= 0.6 is 24.0 Å². The van der Waals surface area contributed by atoms with Gasteiger partial charge in [-0.3, -0.25) is 0 Å². The molecule has 0 fully saturated rings. The van der Waals surface area contributed by atoms with Crippen LogP contribution in [-0.4, -0.2) is 16.8 Å². The number of hydrogen-bond donors (Lipinski definition) is 3. The fourth-order valence-electron chi connectivity index (χ4n) is 1.30. The molecule has 5 heteroatoms. The summed E-state index contributed by atoms with van der Waals surface area (Å²) in [6.07, 6.45) is 0. The molecule has 0 saturated heterocycles. The number of aliphatic hydroxyl groups excluding tert-OH is 1. The lowest BCUT2D eigenvalue weighted by Gasteiger charge is -2.30. The fourth-order valence-corrected chi connectivity index (χ4v) is 1.48. The number of rotatable bonds is 3. The van der Waals surface area contributed by atoms with Crippen LogP contribution in [0.15, 0.2) is 18.2 Å². The number of phenolic OH excluding ortho intramolecular Hbond substituents is 1. The number of nitrogens with two attached hydrogens (primary N) is 1. The summed E-state index contributed by atoms with van der Waals surface area (Å²) >= 11 is 5.78. The monoisotopic (exact) mass is 265 g/mol. The molecule has 0 aliphatic carbocycles. The molecule has 0 amide bonds. The molecule has 92 valence electrons. The molecule has 0 radical (unpaired) electrons. The first kappa shape index (κ1) is 15.5. The summed E-state index contributed by atoms with van der Waals surface area (Å²) in [5.41, 5.74) is 6.03. The molecular formula is C11H17Cl2NO2. The first-order chi connectivity index (χ1) is 6.90. The van der Waals surface area contributed by atoms with Gasteiger partial charge in [0.15, 0.2) is 0 Å². The van der Waals surface area contributed by atoms with Crippen molar-refractivity contribution >= 4 is 24.0 Å². The summed E-state index contributed by atoms with van der Waals surface area (Å²) < 4.78 is 0. The number of benzene rings is 1. The number of aliphatic hydroxyl groups is 1. The summed E-state index contributed by atoms with van der Waals surface area (Å²) in [5.74, 6) is -0.00630. The number of hydrogen-bond acceptors (Lipinski definition) is 3. The second kappa shape index (κ2) is 5.73. The van der Waals surface area contributed by atoms with Gasteiger partial charge in [-0.05, 0) is 6.07 Å². The minimum atomic E-state index is -0.498. The second-order valence-corrected chi connectivity index (χ2v) is 4.71. The Morgan fingerprint density at radius 1 is 1.44 bits per heavy atom. The van der Waals surface area contributed by atoms with E-state index in [0.717, 1.165) is 0 Å². The average Bonchev–Trinajstić information content (AvgIpc) is 2.21. The second-order valence-electron chi connectivity index (χ2n) is 4.30. The van der Waals surface area contributed by atoms with Gasteiger partial charge in [-0.1, -0.05) is 37.6 Å². The third kappa shape index (κ3) is 3.01. The zero-order valence-corrected chi connectivity index (χ0v) is 10.8. The van der Waals surface area contributed by atoms with E-state index in [-0.39, 0.29) is 29.8 Å². The summed E-state index contributed by atoms with van der Waals surface area (Å²) in [7, 11) is 0. The molecule has 1 rings (SSSR count). The molecule has 0 heterocycles. The maximum Gasteiger partial charge on any atom is 0.138 e. The molecular weight excluding hydrogens is 249 g/mol. The fraction of sp³-hybridized carbons (Fsp3) is 0.455. The molecule has 1 aromatic carbocycles. The van der Waals surface area contributed by atoms with Crippen molar-refractivity contribution in [2.45, 2.75) is 19.9 Å². The van der Waals surface area contributed by atoms with Gasteiger partial charge >= 0.3 is 0 Å². The Kier molecular flexibility index (Phi) is 5.56. The summed E-state index contributed by atoms with van der Waals surface area (Å²) in [5, 5.41) is 19.2. The van der Waals surface area contributed by atoms with Gasteiger partial charge in [0.05, 0.1) is 5.02 Å². The highest BCUT2D eigenvalue weighted by Crippen LogP contribution is 2.38. The molecule has 16 heavy (non-hydrogen) atoms. The molecule has 0 aliphatic rings. The Balaban J connectivity index is 0.00000225. The zero-order valence-electron chi connectivity index (χ0n) is 9.27. The van der Waals surface area contributed by atoms with Crippen molar-refractivity contribution in [1.82, 2.24) is 0 Å². The molecule has 4 N–H and O–H groups in total. The van der Waals surface area contributed by atoms with E-state index in [1.54, 1.807) is 18.2 Å². The smallest absolute Gasteiger partial charge is 0.138 e. The van der Waals surface area contributed by atoms with Crippen LogP contribution < -0.4 is 5.73 Å². The van der Waals surface area contributed by atoms with Gasteiger partial charge in [0.25, 0.3) is 0 Å². The molecule has 0 unspecified atom stereocenters. The molecule has 1 atom stereocenters. The van der Waals surface area contributed by atoms with Gasteiger partial charge in [0.1, 0.15) is 5.75 Å². The van der Waals surface area contributed by atoms with E-state index in [2.05, 4.69) is 0 Å². The first-order valence-corrected chi connectivity index (χ1v) is 5.12. The van der Waals surface area contributed by atoms with Crippen LogP contribution in [0.4, 0.5) is 0 Å². The topological polar surface area (TPSA) is 66.5 Å². The lowest BCUT2D eigenvalue weighted by molar-refractivity contribution is 0.131. The van der Waals surface area contributed by atoms with Gasteiger partial charge in [-0.25, -0.2) is 0 Å². The summed E-state index contributed by atoms with van der Waals surface area (Å²) in [6.45, 7) is 3.61. The number of halogens is 2. The zero-order chi connectivity index (χ0) is 11.6. The SMILES string of the molecule is CC(C)(CO)[C@@H](N)c1cccc(Cl)c1O.Cl. The lowest BCUT2D eigenvalue weighted by atomic mass is 9.81. The van der Waals surface area contributed by atoms with Crippen molar-refractivity contribution in [2.75, 3.05) is 6.61 Å². The normalized spacial score (nSPS) is 13.1. The van der Waals surface area contributed by atoms with Gasteiger partial charge in [0, 0.05) is 23.6 Å². The van der Waals surface area contributed by atoms with Crippen molar-refractivity contribution in [3.05, 3.63) is 28.8 Å². The largest absolute Gasteiger partial charge is 0.506 e. The van der Waals surface area contributed by atoms with Crippen LogP contribution in [0.1, 0.15) is 25.5 Å². The molecule has 0 saturated carbocycles. The highest BCUT2D eigenvalue weighted by Gasteiger charge is 2.29. The van der Waals surface area contributed by atoms with Gasteiger partial charge in [-0.2, -0.15) is 0 Å². The number of phenols is 1. The Hall–Kier alpha value is -0.480. The van der Waals surface area contributed by atoms with Crippen molar-refractivity contribution in [3.8, 4) is 5.75 Å². The molecule has 0 spiro atoms. The third-order valence-corrected chi connectivity index (χ3v) is 2.91. The number of para-hydroxylation sites is 1. The highest BCUT2D eigenvalue weighted by molar-refractivity contribution is 6.32. The van der Waals surface area contributed by atoms with Crippen LogP contribution in [0, 0.1) is 5.41 Å². The predicted molar refractivity (Wildman–Crippen MR) is 68.2 cm³/mol. The van der Waals surface area contributed by atoms with Crippen LogP contribution in [0.2, 0.25) is 5.02 Å². The predicted octanol–water partition coefficient (Wildman–Crippen LogP) is 2.49.